The van der Waals surface area contributed by atoms with Crippen LogP contribution >= 0.6 is 0 Å². The highest BCUT2D eigenvalue weighted by molar-refractivity contribution is 5.70. The fraction of sp³-hybridized carbons (Fsp3) is 0.571. The maximum Gasteiger partial charge on any atom is 0.292 e. The van der Waals surface area contributed by atoms with Crippen molar-refractivity contribution in [1.29, 1.82) is 0 Å². The van der Waals surface area contributed by atoms with Crippen LogP contribution in [0.4, 0.5) is 17.1 Å². The summed E-state index contributed by atoms with van der Waals surface area (Å²) in [5, 5.41) is 14.5. The molecule has 0 aliphatic carbocycles. The first-order valence-electron chi connectivity index (χ1n) is 7.25. The number of nitro groups is 1. The molecule has 1 aromatic rings. The Morgan fingerprint density at radius 2 is 1.75 bits per heavy atom. The molecule has 0 amide bonds. The summed E-state index contributed by atoms with van der Waals surface area (Å²) in [6, 6.07) is 5.53. The Kier molecular flexibility index (Phi) is 3.73. The predicted molar refractivity (Wildman–Crippen MR) is 79.6 cm³/mol. The van der Waals surface area contributed by atoms with Gasteiger partial charge in [-0.1, -0.05) is 0 Å². The monoisotopic (exact) mass is 276 g/mol. The van der Waals surface area contributed by atoms with Crippen LogP contribution in [0.15, 0.2) is 18.2 Å². The van der Waals surface area contributed by atoms with Gasteiger partial charge >= 0.3 is 0 Å². The molecule has 0 saturated carbocycles. The Bertz CT molecular complexity index is 494. The zero-order valence-electron chi connectivity index (χ0n) is 11.5. The number of anilines is 2. The van der Waals surface area contributed by atoms with Crippen LogP contribution in [0, 0.1) is 10.1 Å². The summed E-state index contributed by atoms with van der Waals surface area (Å²) in [4.78, 5) is 15.4. The van der Waals surface area contributed by atoms with Crippen LogP contribution in [-0.4, -0.2) is 44.2 Å². The molecule has 0 aromatic heterocycles. The summed E-state index contributed by atoms with van der Waals surface area (Å²) in [5.74, 6) is 0. The second kappa shape index (κ2) is 5.66. The third-order valence-electron chi connectivity index (χ3n) is 4.08. The number of rotatable bonds is 3. The minimum Gasteiger partial charge on any atom is -0.369 e. The average molecular weight is 276 g/mol. The number of nitrogens with zero attached hydrogens (tertiary/aromatic N) is 3. The van der Waals surface area contributed by atoms with Crippen molar-refractivity contribution in [2.75, 3.05) is 49.1 Å². The van der Waals surface area contributed by atoms with Crippen LogP contribution in [0.5, 0.6) is 0 Å². The van der Waals surface area contributed by atoms with Gasteiger partial charge in [0.05, 0.1) is 4.92 Å². The maximum atomic E-state index is 11.2. The number of benzene rings is 1. The smallest absolute Gasteiger partial charge is 0.292 e. The Balaban J connectivity index is 1.92. The Hall–Kier alpha value is -1.82. The van der Waals surface area contributed by atoms with Crippen molar-refractivity contribution >= 4 is 17.1 Å². The molecule has 6 nitrogen and oxygen atoms in total. The normalized spacial score (nSPS) is 19.4. The molecule has 1 N–H and O–H groups in total. The van der Waals surface area contributed by atoms with E-state index in [2.05, 4.69) is 15.1 Å². The minimum atomic E-state index is -0.269. The Morgan fingerprint density at radius 3 is 2.40 bits per heavy atom. The lowest BCUT2D eigenvalue weighted by Gasteiger charge is -2.30. The fourth-order valence-electron chi connectivity index (χ4n) is 3.00. The van der Waals surface area contributed by atoms with Gasteiger partial charge in [-0.3, -0.25) is 10.1 Å². The van der Waals surface area contributed by atoms with Crippen molar-refractivity contribution in [3.8, 4) is 0 Å². The van der Waals surface area contributed by atoms with Gasteiger partial charge < -0.3 is 15.1 Å². The second-order valence-electron chi connectivity index (χ2n) is 5.36. The van der Waals surface area contributed by atoms with Crippen molar-refractivity contribution in [3.63, 3.8) is 0 Å². The summed E-state index contributed by atoms with van der Waals surface area (Å²) in [6.07, 6.45) is 2.24. The Morgan fingerprint density at radius 1 is 1.05 bits per heavy atom. The van der Waals surface area contributed by atoms with Crippen molar-refractivity contribution in [1.82, 2.24) is 5.32 Å². The largest absolute Gasteiger partial charge is 0.369 e. The molecule has 20 heavy (non-hydrogen) atoms. The van der Waals surface area contributed by atoms with E-state index in [1.54, 1.807) is 6.07 Å². The molecule has 1 aromatic carbocycles. The molecule has 108 valence electrons. The molecular formula is C14H20N4O2. The number of piperazine rings is 1. The van der Waals surface area contributed by atoms with Gasteiger partial charge in [0.1, 0.15) is 5.69 Å². The fourth-order valence-corrected chi connectivity index (χ4v) is 3.00. The number of nitrogens with one attached hydrogen (secondary N) is 1. The molecule has 0 spiro atoms. The van der Waals surface area contributed by atoms with E-state index in [0.29, 0.717) is 0 Å². The number of hydrogen-bond acceptors (Lipinski definition) is 5. The standard InChI is InChI=1S/C14H20N4O2/c19-18(20)13-4-3-12(16-9-5-15-6-10-16)11-14(13)17-7-1-2-8-17/h3-4,11,15H,1-2,5-10H2. The summed E-state index contributed by atoms with van der Waals surface area (Å²) >= 11 is 0. The van der Waals surface area contributed by atoms with Gasteiger partial charge in [0.25, 0.3) is 5.69 Å². The molecule has 2 heterocycles. The molecule has 2 saturated heterocycles. The zero-order valence-corrected chi connectivity index (χ0v) is 11.5. The number of nitro benzene ring substituents is 1. The summed E-state index contributed by atoms with van der Waals surface area (Å²) < 4.78 is 0. The van der Waals surface area contributed by atoms with E-state index in [4.69, 9.17) is 0 Å². The van der Waals surface area contributed by atoms with Crippen LogP contribution in [0.1, 0.15) is 12.8 Å². The molecular weight excluding hydrogens is 256 g/mol. The van der Waals surface area contributed by atoms with Gasteiger partial charge in [-0.25, -0.2) is 0 Å². The molecule has 0 atom stereocenters. The van der Waals surface area contributed by atoms with Crippen LogP contribution in [0.25, 0.3) is 0 Å². The Labute approximate surface area is 118 Å². The summed E-state index contributed by atoms with van der Waals surface area (Å²) in [5.41, 5.74) is 2.10. The topological polar surface area (TPSA) is 61.7 Å². The molecule has 0 bridgehead atoms. The third kappa shape index (κ3) is 2.56. The van der Waals surface area contributed by atoms with Crippen LogP contribution in [0.2, 0.25) is 0 Å². The highest BCUT2D eigenvalue weighted by Gasteiger charge is 2.23. The van der Waals surface area contributed by atoms with Gasteiger partial charge in [0.2, 0.25) is 0 Å². The first-order valence-corrected chi connectivity index (χ1v) is 7.25. The van der Waals surface area contributed by atoms with Crippen molar-refractivity contribution < 1.29 is 4.92 Å². The minimum absolute atomic E-state index is 0.228. The molecule has 2 aliphatic rings. The molecule has 6 heteroatoms. The SMILES string of the molecule is O=[N+]([O-])c1ccc(N2CCNCC2)cc1N1CCCC1. The van der Waals surface area contributed by atoms with Crippen LogP contribution < -0.4 is 15.1 Å². The van der Waals surface area contributed by atoms with Crippen molar-refractivity contribution in [2.24, 2.45) is 0 Å². The quantitative estimate of drug-likeness (QED) is 0.671. The van der Waals surface area contributed by atoms with Gasteiger partial charge in [-0.2, -0.15) is 0 Å². The van der Waals surface area contributed by atoms with E-state index in [0.717, 1.165) is 63.5 Å². The molecule has 3 rings (SSSR count). The van der Waals surface area contributed by atoms with Crippen molar-refractivity contribution in [2.45, 2.75) is 12.8 Å². The zero-order chi connectivity index (χ0) is 13.9. The predicted octanol–water partition coefficient (Wildman–Crippen LogP) is 1.60. The number of hydrogen-bond donors (Lipinski definition) is 1. The van der Waals surface area contributed by atoms with E-state index in [1.165, 1.54) is 0 Å². The highest BCUT2D eigenvalue weighted by Crippen LogP contribution is 2.34. The van der Waals surface area contributed by atoms with Gasteiger partial charge in [0, 0.05) is 51.0 Å². The third-order valence-corrected chi connectivity index (χ3v) is 4.08. The van der Waals surface area contributed by atoms with E-state index < -0.39 is 0 Å². The van der Waals surface area contributed by atoms with Gasteiger partial charge in [0.15, 0.2) is 0 Å². The molecule has 0 unspecified atom stereocenters. The first kappa shape index (κ1) is 13.2. The average Bonchev–Trinajstić information content (AvgIpc) is 3.01. The lowest BCUT2D eigenvalue weighted by molar-refractivity contribution is -0.384. The second-order valence-corrected chi connectivity index (χ2v) is 5.36. The molecule has 0 radical (unpaired) electrons. The van der Waals surface area contributed by atoms with E-state index >= 15 is 0 Å². The lowest BCUT2D eigenvalue weighted by atomic mass is 10.2. The van der Waals surface area contributed by atoms with E-state index in [1.807, 2.05) is 12.1 Å². The summed E-state index contributed by atoms with van der Waals surface area (Å²) in [6.45, 7) is 5.69. The van der Waals surface area contributed by atoms with Crippen LogP contribution in [-0.2, 0) is 0 Å². The first-order chi connectivity index (χ1) is 9.75. The van der Waals surface area contributed by atoms with E-state index in [9.17, 15) is 10.1 Å². The highest BCUT2D eigenvalue weighted by atomic mass is 16.6. The summed E-state index contributed by atoms with van der Waals surface area (Å²) in [7, 11) is 0. The van der Waals surface area contributed by atoms with Crippen LogP contribution in [0.3, 0.4) is 0 Å². The van der Waals surface area contributed by atoms with Gasteiger partial charge in [-0.15, -0.1) is 0 Å². The van der Waals surface area contributed by atoms with Crippen molar-refractivity contribution in [3.05, 3.63) is 28.3 Å². The van der Waals surface area contributed by atoms with E-state index in [-0.39, 0.29) is 10.6 Å². The molecule has 2 aliphatic heterocycles. The maximum absolute atomic E-state index is 11.2. The molecule has 2 fully saturated rings. The lowest BCUT2D eigenvalue weighted by Crippen LogP contribution is -2.43. The van der Waals surface area contributed by atoms with Gasteiger partial charge in [-0.05, 0) is 25.0 Å².